The third-order valence-corrected chi connectivity index (χ3v) is 4.25. The fourth-order valence-electron chi connectivity index (χ4n) is 2.89. The second kappa shape index (κ2) is 6.41. The molecule has 6 nitrogen and oxygen atoms in total. The molecule has 2 unspecified atom stereocenters. The highest BCUT2D eigenvalue weighted by Gasteiger charge is 2.35. The maximum absolute atomic E-state index is 12.8. The molecule has 0 spiro atoms. The zero-order valence-electron chi connectivity index (χ0n) is 11.8. The van der Waals surface area contributed by atoms with Crippen LogP contribution in [0.25, 0.3) is 0 Å². The van der Waals surface area contributed by atoms with E-state index in [0.717, 1.165) is 19.3 Å². The summed E-state index contributed by atoms with van der Waals surface area (Å²) >= 11 is 6.04. The van der Waals surface area contributed by atoms with Crippen LogP contribution in [0.5, 0.6) is 0 Å². The molecule has 0 aromatic heterocycles. The third kappa shape index (κ3) is 3.01. The van der Waals surface area contributed by atoms with Crippen LogP contribution in [0.1, 0.15) is 36.5 Å². The Kier molecular flexibility index (Phi) is 4.80. The van der Waals surface area contributed by atoms with Crippen molar-refractivity contribution in [1.82, 2.24) is 4.90 Å². The maximum atomic E-state index is 12.8. The lowest BCUT2D eigenvalue weighted by atomic mass is 9.95. The number of halogens is 1. The smallest absolute Gasteiger partial charge is 0.283 e. The van der Waals surface area contributed by atoms with E-state index in [1.165, 1.54) is 18.2 Å². The molecule has 1 heterocycles. The van der Waals surface area contributed by atoms with E-state index in [-0.39, 0.29) is 28.4 Å². The Hall–Kier alpha value is -1.66. The third-order valence-electron chi connectivity index (χ3n) is 3.94. The minimum Gasteiger partial charge on any atom is -0.331 e. The second-order valence-corrected chi connectivity index (χ2v) is 5.68. The molecule has 1 saturated heterocycles. The van der Waals surface area contributed by atoms with E-state index in [2.05, 4.69) is 0 Å². The fourth-order valence-corrected chi connectivity index (χ4v) is 3.14. The molecular formula is C14H18ClN3O3. The summed E-state index contributed by atoms with van der Waals surface area (Å²) in [7, 11) is 0. The summed E-state index contributed by atoms with van der Waals surface area (Å²) in [6, 6.07) is 4.16. The van der Waals surface area contributed by atoms with Crippen LogP contribution >= 0.6 is 11.6 Å². The Morgan fingerprint density at radius 2 is 2.24 bits per heavy atom. The van der Waals surface area contributed by atoms with Crippen molar-refractivity contribution in [2.45, 2.75) is 38.3 Å². The van der Waals surface area contributed by atoms with Crippen LogP contribution in [-0.4, -0.2) is 34.4 Å². The molecule has 1 aromatic carbocycles. The number of carbonyl (C=O) groups is 1. The number of likely N-dealkylation sites (tertiary alicyclic amines) is 1. The predicted molar refractivity (Wildman–Crippen MR) is 80.4 cm³/mol. The minimum atomic E-state index is -0.578. The summed E-state index contributed by atoms with van der Waals surface area (Å²) in [5.41, 5.74) is 5.44. The standard InChI is InChI=1S/C14H18ClN3O3/c1-9-4-2-5-10(8-16)17(9)14(19)13-11(15)6-3-7-12(13)18(20)21/h3,6-7,9-10H,2,4-5,8,16H2,1H3. The van der Waals surface area contributed by atoms with E-state index in [1.807, 2.05) is 6.92 Å². The van der Waals surface area contributed by atoms with Crippen molar-refractivity contribution in [3.63, 3.8) is 0 Å². The van der Waals surface area contributed by atoms with Gasteiger partial charge in [0.1, 0.15) is 5.56 Å². The van der Waals surface area contributed by atoms with Gasteiger partial charge in [-0.15, -0.1) is 0 Å². The topological polar surface area (TPSA) is 89.5 Å². The Balaban J connectivity index is 2.45. The molecule has 1 aromatic rings. The summed E-state index contributed by atoms with van der Waals surface area (Å²) in [6.45, 7) is 2.27. The zero-order valence-corrected chi connectivity index (χ0v) is 12.5. The largest absolute Gasteiger partial charge is 0.331 e. The second-order valence-electron chi connectivity index (χ2n) is 5.27. The number of nitrogens with two attached hydrogens (primary N) is 1. The number of hydrogen-bond acceptors (Lipinski definition) is 4. The summed E-state index contributed by atoms with van der Waals surface area (Å²) in [5.74, 6) is -0.407. The number of carbonyl (C=O) groups excluding carboxylic acids is 1. The molecule has 7 heteroatoms. The number of hydrogen-bond donors (Lipinski definition) is 1. The average molecular weight is 312 g/mol. The highest BCUT2D eigenvalue weighted by Crippen LogP contribution is 2.31. The van der Waals surface area contributed by atoms with Gasteiger partial charge in [0, 0.05) is 24.7 Å². The van der Waals surface area contributed by atoms with Crippen LogP contribution in [-0.2, 0) is 0 Å². The molecule has 0 saturated carbocycles. The first kappa shape index (κ1) is 15.7. The van der Waals surface area contributed by atoms with Gasteiger partial charge < -0.3 is 10.6 Å². The number of rotatable bonds is 3. The van der Waals surface area contributed by atoms with Gasteiger partial charge >= 0.3 is 0 Å². The lowest BCUT2D eigenvalue weighted by Crippen LogP contribution is -2.52. The molecular weight excluding hydrogens is 294 g/mol. The SMILES string of the molecule is CC1CCCC(CN)N1C(=O)c1c(Cl)cccc1[N+](=O)[O-]. The van der Waals surface area contributed by atoms with Gasteiger partial charge in [-0.25, -0.2) is 0 Å². The van der Waals surface area contributed by atoms with Gasteiger partial charge in [-0.2, -0.15) is 0 Å². The number of nitrogens with zero attached hydrogens (tertiary/aromatic N) is 2. The van der Waals surface area contributed by atoms with Crippen LogP contribution in [0.4, 0.5) is 5.69 Å². The number of nitro benzene ring substituents is 1. The van der Waals surface area contributed by atoms with E-state index in [1.54, 1.807) is 4.90 Å². The molecule has 2 rings (SSSR count). The zero-order chi connectivity index (χ0) is 15.6. The molecule has 1 aliphatic heterocycles. The number of nitro groups is 1. The Morgan fingerprint density at radius 1 is 1.52 bits per heavy atom. The first-order valence-electron chi connectivity index (χ1n) is 6.93. The summed E-state index contributed by atoms with van der Waals surface area (Å²) in [6.07, 6.45) is 2.67. The average Bonchev–Trinajstić information content (AvgIpc) is 2.45. The predicted octanol–water partition coefficient (Wildman–Crippen LogP) is 2.59. The van der Waals surface area contributed by atoms with Crippen LogP contribution in [0.2, 0.25) is 5.02 Å². The Morgan fingerprint density at radius 3 is 2.86 bits per heavy atom. The van der Waals surface area contributed by atoms with Crippen LogP contribution in [0.15, 0.2) is 18.2 Å². The van der Waals surface area contributed by atoms with Gasteiger partial charge in [0.15, 0.2) is 0 Å². The normalized spacial score (nSPS) is 22.1. The lowest BCUT2D eigenvalue weighted by molar-refractivity contribution is -0.385. The van der Waals surface area contributed by atoms with Crippen molar-refractivity contribution >= 4 is 23.2 Å². The van der Waals surface area contributed by atoms with E-state index < -0.39 is 10.8 Å². The lowest BCUT2D eigenvalue weighted by Gasteiger charge is -2.40. The van der Waals surface area contributed by atoms with Gasteiger partial charge in [-0.1, -0.05) is 17.7 Å². The molecule has 21 heavy (non-hydrogen) atoms. The van der Waals surface area contributed by atoms with Crippen LogP contribution in [0.3, 0.4) is 0 Å². The maximum Gasteiger partial charge on any atom is 0.283 e. The van der Waals surface area contributed by atoms with Gasteiger partial charge in [0.2, 0.25) is 0 Å². The van der Waals surface area contributed by atoms with Crippen molar-refractivity contribution in [2.75, 3.05) is 6.54 Å². The van der Waals surface area contributed by atoms with E-state index in [4.69, 9.17) is 17.3 Å². The summed E-state index contributed by atoms with van der Waals surface area (Å²) in [5, 5.41) is 11.2. The van der Waals surface area contributed by atoms with Gasteiger partial charge in [0.25, 0.3) is 11.6 Å². The quantitative estimate of drug-likeness (QED) is 0.686. The van der Waals surface area contributed by atoms with Crippen molar-refractivity contribution in [3.05, 3.63) is 38.9 Å². The number of benzene rings is 1. The van der Waals surface area contributed by atoms with E-state index in [0.29, 0.717) is 6.54 Å². The molecule has 1 fully saturated rings. The first-order valence-corrected chi connectivity index (χ1v) is 7.30. The molecule has 2 atom stereocenters. The minimum absolute atomic E-state index is 0.00400. The van der Waals surface area contributed by atoms with Gasteiger partial charge in [-0.3, -0.25) is 14.9 Å². The number of amides is 1. The van der Waals surface area contributed by atoms with Crippen LogP contribution in [0, 0.1) is 10.1 Å². The molecule has 0 radical (unpaired) electrons. The fraction of sp³-hybridized carbons (Fsp3) is 0.500. The van der Waals surface area contributed by atoms with Gasteiger partial charge in [-0.05, 0) is 32.3 Å². The van der Waals surface area contributed by atoms with Gasteiger partial charge in [0.05, 0.1) is 9.95 Å². The van der Waals surface area contributed by atoms with E-state index >= 15 is 0 Å². The summed E-state index contributed by atoms with van der Waals surface area (Å²) < 4.78 is 0. The summed E-state index contributed by atoms with van der Waals surface area (Å²) in [4.78, 5) is 25.0. The van der Waals surface area contributed by atoms with E-state index in [9.17, 15) is 14.9 Å². The highest BCUT2D eigenvalue weighted by atomic mass is 35.5. The molecule has 0 bridgehead atoms. The molecule has 1 aliphatic rings. The van der Waals surface area contributed by atoms with Crippen molar-refractivity contribution in [1.29, 1.82) is 0 Å². The molecule has 0 aliphatic carbocycles. The Bertz CT molecular complexity index is 564. The van der Waals surface area contributed by atoms with Crippen molar-refractivity contribution in [2.24, 2.45) is 5.73 Å². The van der Waals surface area contributed by atoms with Crippen molar-refractivity contribution < 1.29 is 9.72 Å². The molecule has 2 N–H and O–H groups in total. The Labute approximate surface area is 128 Å². The molecule has 114 valence electrons. The molecule has 1 amide bonds. The van der Waals surface area contributed by atoms with Crippen molar-refractivity contribution in [3.8, 4) is 0 Å². The van der Waals surface area contributed by atoms with Crippen LogP contribution < -0.4 is 5.73 Å². The monoisotopic (exact) mass is 311 g/mol. The highest BCUT2D eigenvalue weighted by molar-refractivity contribution is 6.34. The first-order chi connectivity index (χ1) is 9.97. The number of piperidine rings is 1.